The maximum atomic E-state index is 11.6. The van der Waals surface area contributed by atoms with Crippen LogP contribution in [0, 0.1) is 6.92 Å². The van der Waals surface area contributed by atoms with E-state index in [0.29, 0.717) is 49.7 Å². The quantitative estimate of drug-likeness (QED) is 0.152. The van der Waals surface area contributed by atoms with Gasteiger partial charge in [0.05, 0.1) is 11.2 Å². The molecule has 0 fully saturated rings. The Morgan fingerprint density at radius 2 is 1.63 bits per heavy atom. The smallest absolute Gasteiger partial charge is 0.303 e. The third-order valence-corrected chi connectivity index (χ3v) is 6.12. The Labute approximate surface area is 210 Å². The van der Waals surface area contributed by atoms with Gasteiger partial charge < -0.3 is 25.2 Å². The molecule has 0 saturated carbocycles. The van der Waals surface area contributed by atoms with Gasteiger partial charge in [-0.25, -0.2) is 0 Å². The Kier molecular flexibility index (Phi) is 11.7. The molecule has 0 radical (unpaired) electrons. The molecule has 6 nitrogen and oxygen atoms in total. The molecule has 0 aromatic heterocycles. The van der Waals surface area contributed by atoms with Gasteiger partial charge >= 0.3 is 5.97 Å². The van der Waals surface area contributed by atoms with Gasteiger partial charge in [-0.15, -0.1) is 0 Å². The maximum absolute atomic E-state index is 11.6. The van der Waals surface area contributed by atoms with Gasteiger partial charge in [0.25, 0.3) is 0 Å². The molecule has 1 aromatic rings. The van der Waals surface area contributed by atoms with Crippen LogP contribution in [0.2, 0.25) is 0 Å². The third-order valence-electron chi connectivity index (χ3n) is 6.12. The highest BCUT2D eigenvalue weighted by atomic mass is 16.6. The highest BCUT2D eigenvalue weighted by molar-refractivity contribution is 5.66. The fourth-order valence-electron chi connectivity index (χ4n) is 3.77. The predicted octanol–water partition coefficient (Wildman–Crippen LogP) is 6.11. The standard InChI is InChI=1S/C29H44O6/c1-20(2)10-8-16-29(7,34)27(35-23(5)30)13-12-21(3)11-9-15-28(6,33)17-14-24-19-25(31)22(4)18-26(24)32/h10-11,14,17-19,27,31-34H,8-9,12-13,15-16H2,1-7H3/b17-14+,21-11+/t27-,28+,29+/m1/s1. The van der Waals surface area contributed by atoms with E-state index in [4.69, 9.17) is 4.74 Å². The number of benzene rings is 1. The minimum absolute atomic E-state index is 0.0437. The first-order valence-electron chi connectivity index (χ1n) is 12.3. The number of carbonyl (C=O) groups is 1. The van der Waals surface area contributed by atoms with Crippen LogP contribution in [0.1, 0.15) is 91.2 Å². The number of allylic oxidation sites excluding steroid dienone is 4. The van der Waals surface area contributed by atoms with Gasteiger partial charge in [0.2, 0.25) is 0 Å². The maximum Gasteiger partial charge on any atom is 0.303 e. The minimum Gasteiger partial charge on any atom is -0.508 e. The van der Waals surface area contributed by atoms with Crippen molar-refractivity contribution in [2.45, 2.75) is 104 Å². The molecule has 0 aliphatic rings. The lowest BCUT2D eigenvalue weighted by Crippen LogP contribution is -2.42. The van der Waals surface area contributed by atoms with E-state index in [-0.39, 0.29) is 11.5 Å². The minimum atomic E-state index is -1.12. The average molecular weight is 489 g/mol. The van der Waals surface area contributed by atoms with Crippen molar-refractivity contribution in [1.82, 2.24) is 0 Å². The summed E-state index contributed by atoms with van der Waals surface area (Å²) < 4.78 is 5.46. The monoisotopic (exact) mass is 488 g/mol. The van der Waals surface area contributed by atoms with Crippen LogP contribution in [0.3, 0.4) is 0 Å². The molecule has 0 amide bonds. The molecule has 6 heteroatoms. The molecule has 0 spiro atoms. The Balaban J connectivity index is 2.70. The van der Waals surface area contributed by atoms with E-state index in [0.717, 1.165) is 5.57 Å². The number of phenols is 2. The van der Waals surface area contributed by atoms with Crippen LogP contribution in [-0.4, -0.2) is 43.7 Å². The molecular weight excluding hydrogens is 444 g/mol. The van der Waals surface area contributed by atoms with Gasteiger partial charge in [-0.05, 0) is 97.8 Å². The fourth-order valence-corrected chi connectivity index (χ4v) is 3.77. The lowest BCUT2D eigenvalue weighted by molar-refractivity contribution is -0.162. The van der Waals surface area contributed by atoms with Crippen molar-refractivity contribution in [2.24, 2.45) is 0 Å². The normalized spacial score (nSPS) is 16.4. The Bertz CT molecular complexity index is 933. The summed E-state index contributed by atoms with van der Waals surface area (Å²) in [5.41, 5.74) is 1.07. The van der Waals surface area contributed by atoms with Crippen molar-refractivity contribution in [1.29, 1.82) is 0 Å². The molecule has 1 aromatic carbocycles. The first kappa shape index (κ1) is 30.5. The molecule has 196 valence electrons. The molecule has 0 bridgehead atoms. The Hall–Kier alpha value is -2.57. The van der Waals surface area contributed by atoms with Crippen LogP contribution >= 0.6 is 0 Å². The van der Waals surface area contributed by atoms with Crippen molar-refractivity contribution in [3.8, 4) is 11.5 Å². The van der Waals surface area contributed by atoms with Crippen molar-refractivity contribution < 1.29 is 30.0 Å². The number of aromatic hydroxyl groups is 2. The second-order valence-corrected chi connectivity index (χ2v) is 10.3. The SMILES string of the molecule is CC(=O)O[C@H](CC/C(C)=C/CC[C@](C)(O)/C=C/c1cc(O)c(C)cc1O)[C@@](C)(O)CCC=C(C)C. The van der Waals surface area contributed by atoms with Crippen LogP contribution in [-0.2, 0) is 9.53 Å². The number of hydrogen-bond donors (Lipinski definition) is 4. The summed E-state index contributed by atoms with van der Waals surface area (Å²) in [6.07, 6.45) is 10.2. The fraction of sp³-hybridized carbons (Fsp3) is 0.552. The topological polar surface area (TPSA) is 107 Å². The molecule has 35 heavy (non-hydrogen) atoms. The lowest BCUT2D eigenvalue weighted by atomic mass is 9.88. The van der Waals surface area contributed by atoms with E-state index in [2.05, 4.69) is 6.08 Å². The van der Waals surface area contributed by atoms with Crippen molar-refractivity contribution in [2.75, 3.05) is 0 Å². The zero-order chi connectivity index (χ0) is 26.8. The highest BCUT2D eigenvalue weighted by Crippen LogP contribution is 2.29. The van der Waals surface area contributed by atoms with Crippen LogP contribution in [0.4, 0.5) is 0 Å². The van der Waals surface area contributed by atoms with Crippen molar-refractivity contribution in [3.05, 3.63) is 52.6 Å². The van der Waals surface area contributed by atoms with Crippen molar-refractivity contribution >= 4 is 12.0 Å². The summed E-state index contributed by atoms with van der Waals surface area (Å²) in [6, 6.07) is 2.95. The summed E-state index contributed by atoms with van der Waals surface area (Å²) in [5, 5.41) is 41.5. The number of esters is 1. The number of carbonyl (C=O) groups excluding carboxylic acids is 1. The highest BCUT2D eigenvalue weighted by Gasteiger charge is 2.33. The largest absolute Gasteiger partial charge is 0.508 e. The van der Waals surface area contributed by atoms with E-state index in [1.165, 1.54) is 24.6 Å². The number of aliphatic hydroxyl groups is 2. The van der Waals surface area contributed by atoms with E-state index < -0.39 is 23.3 Å². The third kappa shape index (κ3) is 11.6. The van der Waals surface area contributed by atoms with E-state index >= 15 is 0 Å². The molecule has 0 heterocycles. The van der Waals surface area contributed by atoms with Crippen LogP contribution in [0.15, 0.2) is 41.5 Å². The van der Waals surface area contributed by atoms with Crippen molar-refractivity contribution in [3.63, 3.8) is 0 Å². The number of aryl methyl sites for hydroxylation is 1. The van der Waals surface area contributed by atoms with Gasteiger partial charge in [-0.1, -0.05) is 35.5 Å². The Morgan fingerprint density at radius 3 is 2.23 bits per heavy atom. The summed E-state index contributed by atoms with van der Waals surface area (Å²) in [5.74, 6) is -0.277. The number of ether oxygens (including phenoxy) is 1. The lowest BCUT2D eigenvalue weighted by Gasteiger charge is -2.32. The number of rotatable bonds is 13. The average Bonchev–Trinajstić information content (AvgIpc) is 2.71. The molecule has 0 unspecified atom stereocenters. The molecule has 1 rings (SSSR count). The van der Waals surface area contributed by atoms with Gasteiger partial charge in [-0.2, -0.15) is 0 Å². The first-order valence-corrected chi connectivity index (χ1v) is 12.3. The second kappa shape index (κ2) is 13.5. The molecule has 3 atom stereocenters. The van der Waals surface area contributed by atoms with E-state index in [1.54, 1.807) is 32.9 Å². The van der Waals surface area contributed by atoms with E-state index in [1.807, 2.05) is 26.8 Å². The zero-order valence-corrected chi connectivity index (χ0v) is 22.4. The van der Waals surface area contributed by atoms with Crippen LogP contribution in [0.5, 0.6) is 11.5 Å². The molecule has 0 saturated heterocycles. The molecule has 0 aliphatic carbocycles. The summed E-state index contributed by atoms with van der Waals surface area (Å²) >= 11 is 0. The van der Waals surface area contributed by atoms with Crippen LogP contribution in [0.25, 0.3) is 6.08 Å². The van der Waals surface area contributed by atoms with Crippen LogP contribution < -0.4 is 0 Å². The summed E-state index contributed by atoms with van der Waals surface area (Å²) in [7, 11) is 0. The number of hydrogen-bond acceptors (Lipinski definition) is 6. The molecule has 4 N–H and O–H groups in total. The van der Waals surface area contributed by atoms with E-state index in [9.17, 15) is 25.2 Å². The van der Waals surface area contributed by atoms with Gasteiger partial charge in [0, 0.05) is 12.5 Å². The zero-order valence-electron chi connectivity index (χ0n) is 22.4. The number of phenolic OH excluding ortho intramolecular Hbond substituents is 2. The van der Waals surface area contributed by atoms with Gasteiger partial charge in [0.1, 0.15) is 17.6 Å². The molecule has 0 aliphatic heterocycles. The van der Waals surface area contributed by atoms with Gasteiger partial charge in [-0.3, -0.25) is 4.79 Å². The first-order chi connectivity index (χ1) is 16.1. The summed E-state index contributed by atoms with van der Waals surface area (Å²) in [6.45, 7) is 12.5. The molecular formula is C29H44O6. The predicted molar refractivity (Wildman–Crippen MR) is 141 cm³/mol. The second-order valence-electron chi connectivity index (χ2n) is 10.3. The van der Waals surface area contributed by atoms with Gasteiger partial charge in [0.15, 0.2) is 0 Å². The Morgan fingerprint density at radius 1 is 1.00 bits per heavy atom. The summed E-state index contributed by atoms with van der Waals surface area (Å²) in [4.78, 5) is 11.6.